The topological polar surface area (TPSA) is 119 Å². The van der Waals surface area contributed by atoms with Gasteiger partial charge in [-0.25, -0.2) is 0 Å². The van der Waals surface area contributed by atoms with E-state index in [4.69, 9.17) is 19.6 Å². The van der Waals surface area contributed by atoms with Crippen LogP contribution in [0.1, 0.15) is 50.7 Å². The van der Waals surface area contributed by atoms with Crippen molar-refractivity contribution in [1.29, 1.82) is 0 Å². The summed E-state index contributed by atoms with van der Waals surface area (Å²) >= 11 is 0. The van der Waals surface area contributed by atoms with Gasteiger partial charge in [0.05, 0.1) is 49.6 Å². The van der Waals surface area contributed by atoms with E-state index < -0.39 is 11.9 Å². The second-order valence-corrected chi connectivity index (χ2v) is 9.71. The molecule has 39 heavy (non-hydrogen) atoms. The molecule has 1 saturated heterocycles. The molecular formula is C29H32N4O6. The van der Waals surface area contributed by atoms with Gasteiger partial charge in [-0.2, -0.15) is 0 Å². The SMILES string of the molecule is COc1ccc(C(CCC(N)=O)N2C(=O)c3cccc(N4CCN(Cc5ccoc5)CC4)c3C2=O)cc1OC. The average molecular weight is 533 g/mol. The number of rotatable bonds is 10. The van der Waals surface area contributed by atoms with Crippen LogP contribution >= 0.6 is 0 Å². The first-order chi connectivity index (χ1) is 18.9. The Balaban J connectivity index is 1.42. The molecule has 1 aromatic heterocycles. The lowest BCUT2D eigenvalue weighted by molar-refractivity contribution is -0.118. The Morgan fingerprint density at radius 1 is 1.00 bits per heavy atom. The molecule has 2 aliphatic rings. The molecule has 1 atom stereocenters. The van der Waals surface area contributed by atoms with Crippen LogP contribution in [-0.4, -0.2) is 67.9 Å². The highest BCUT2D eigenvalue weighted by Gasteiger charge is 2.43. The Labute approximate surface area is 226 Å². The van der Waals surface area contributed by atoms with Crippen LogP contribution in [0.4, 0.5) is 5.69 Å². The number of piperazine rings is 1. The van der Waals surface area contributed by atoms with Crippen molar-refractivity contribution in [3.05, 3.63) is 77.2 Å². The van der Waals surface area contributed by atoms with E-state index in [-0.39, 0.29) is 24.7 Å². The fourth-order valence-electron chi connectivity index (χ4n) is 5.40. The molecule has 10 heteroatoms. The van der Waals surface area contributed by atoms with Crippen LogP contribution in [0.3, 0.4) is 0 Å². The fourth-order valence-corrected chi connectivity index (χ4v) is 5.40. The summed E-state index contributed by atoms with van der Waals surface area (Å²) in [6.07, 6.45) is 3.63. The Morgan fingerprint density at radius 3 is 2.44 bits per heavy atom. The minimum absolute atomic E-state index is 0.0118. The molecule has 3 amide bonds. The van der Waals surface area contributed by atoms with Gasteiger partial charge in [-0.1, -0.05) is 12.1 Å². The van der Waals surface area contributed by atoms with Crippen molar-refractivity contribution in [2.75, 3.05) is 45.3 Å². The highest BCUT2D eigenvalue weighted by atomic mass is 16.5. The molecule has 204 valence electrons. The summed E-state index contributed by atoms with van der Waals surface area (Å²) in [7, 11) is 3.05. The van der Waals surface area contributed by atoms with Crippen LogP contribution in [0.15, 0.2) is 59.4 Å². The maximum atomic E-state index is 14.0. The van der Waals surface area contributed by atoms with Crippen LogP contribution in [0.25, 0.3) is 0 Å². The van der Waals surface area contributed by atoms with E-state index in [1.807, 2.05) is 18.2 Å². The zero-order chi connectivity index (χ0) is 27.5. The molecule has 3 heterocycles. The second kappa shape index (κ2) is 11.2. The zero-order valence-corrected chi connectivity index (χ0v) is 22.1. The van der Waals surface area contributed by atoms with E-state index >= 15 is 0 Å². The molecule has 0 bridgehead atoms. The summed E-state index contributed by atoms with van der Waals surface area (Å²) in [5, 5.41) is 0. The molecular weight excluding hydrogens is 500 g/mol. The Bertz CT molecular complexity index is 1360. The van der Waals surface area contributed by atoms with Crippen LogP contribution in [0, 0.1) is 0 Å². The zero-order valence-electron chi connectivity index (χ0n) is 22.1. The lowest BCUT2D eigenvalue weighted by atomic mass is 9.99. The number of nitrogens with two attached hydrogens (primary N) is 1. The number of primary amides is 1. The number of fused-ring (bicyclic) bond motifs is 1. The molecule has 2 aromatic carbocycles. The van der Waals surface area contributed by atoms with Crippen LogP contribution in [0.5, 0.6) is 11.5 Å². The maximum absolute atomic E-state index is 14.0. The highest BCUT2D eigenvalue weighted by molar-refractivity contribution is 6.24. The number of methoxy groups -OCH3 is 2. The molecule has 10 nitrogen and oxygen atoms in total. The minimum atomic E-state index is -0.704. The first-order valence-electron chi connectivity index (χ1n) is 12.9. The normalized spacial score (nSPS) is 16.4. The van der Waals surface area contributed by atoms with Gasteiger partial charge in [0, 0.05) is 44.7 Å². The Hall–Kier alpha value is -4.31. The van der Waals surface area contributed by atoms with Crippen molar-refractivity contribution in [1.82, 2.24) is 9.80 Å². The van der Waals surface area contributed by atoms with Gasteiger partial charge in [0.15, 0.2) is 11.5 Å². The van der Waals surface area contributed by atoms with E-state index in [9.17, 15) is 14.4 Å². The van der Waals surface area contributed by atoms with Crippen LogP contribution < -0.4 is 20.1 Å². The fraction of sp³-hybridized carbons (Fsp3) is 0.345. The van der Waals surface area contributed by atoms with Crippen molar-refractivity contribution in [2.24, 2.45) is 5.73 Å². The Kier molecular flexibility index (Phi) is 7.56. The van der Waals surface area contributed by atoms with Gasteiger partial charge in [-0.3, -0.25) is 24.2 Å². The number of furan rings is 1. The molecule has 3 aromatic rings. The molecule has 1 fully saturated rings. The lowest BCUT2D eigenvalue weighted by Crippen LogP contribution is -2.46. The summed E-state index contributed by atoms with van der Waals surface area (Å²) in [4.78, 5) is 45.1. The van der Waals surface area contributed by atoms with Gasteiger partial charge in [0.25, 0.3) is 11.8 Å². The van der Waals surface area contributed by atoms with Crippen LogP contribution in [0.2, 0.25) is 0 Å². The number of amides is 3. The maximum Gasteiger partial charge on any atom is 0.264 e. The third-order valence-corrected chi connectivity index (χ3v) is 7.39. The van der Waals surface area contributed by atoms with Crippen molar-refractivity contribution in [3.63, 3.8) is 0 Å². The van der Waals surface area contributed by atoms with Crippen LogP contribution in [-0.2, 0) is 11.3 Å². The number of hydrogen-bond acceptors (Lipinski definition) is 8. The van der Waals surface area contributed by atoms with Gasteiger partial charge in [0.1, 0.15) is 0 Å². The number of carbonyl (C=O) groups is 3. The number of anilines is 1. The smallest absolute Gasteiger partial charge is 0.264 e. The standard InChI is InChI=1S/C29H32N4O6/c1-37-24-8-6-20(16-25(24)38-2)22(7-9-26(30)34)33-28(35)21-4-3-5-23(27(21)29(33)36)32-13-11-31(12-14-32)17-19-10-15-39-18-19/h3-6,8,10,15-16,18,22H,7,9,11-14,17H2,1-2H3,(H2,30,34). The van der Waals surface area contributed by atoms with Gasteiger partial charge in [0.2, 0.25) is 5.91 Å². The first kappa shape index (κ1) is 26.3. The third-order valence-electron chi connectivity index (χ3n) is 7.39. The summed E-state index contributed by atoms with van der Waals surface area (Å²) in [6.45, 7) is 3.86. The number of imide groups is 1. The van der Waals surface area contributed by atoms with E-state index in [1.54, 1.807) is 36.8 Å². The predicted octanol–water partition coefficient (Wildman–Crippen LogP) is 3.22. The van der Waals surface area contributed by atoms with Gasteiger partial charge < -0.3 is 24.5 Å². The number of benzene rings is 2. The lowest BCUT2D eigenvalue weighted by Gasteiger charge is -2.36. The summed E-state index contributed by atoms with van der Waals surface area (Å²) < 4.78 is 16.0. The molecule has 0 radical (unpaired) electrons. The van der Waals surface area contributed by atoms with E-state index in [0.29, 0.717) is 28.2 Å². The average Bonchev–Trinajstić information content (AvgIpc) is 3.55. The van der Waals surface area contributed by atoms with Crippen molar-refractivity contribution in [3.8, 4) is 11.5 Å². The summed E-state index contributed by atoms with van der Waals surface area (Å²) in [5.41, 5.74) is 8.74. The number of ether oxygens (including phenoxy) is 2. The van der Waals surface area contributed by atoms with Gasteiger partial charge in [-0.05, 0) is 42.3 Å². The predicted molar refractivity (Wildman–Crippen MR) is 144 cm³/mol. The summed E-state index contributed by atoms with van der Waals surface area (Å²) in [6, 6.07) is 11.9. The van der Waals surface area contributed by atoms with Crippen molar-refractivity contribution < 1.29 is 28.3 Å². The van der Waals surface area contributed by atoms with Crippen molar-refractivity contribution in [2.45, 2.75) is 25.4 Å². The van der Waals surface area contributed by atoms with E-state index in [0.717, 1.165) is 44.0 Å². The van der Waals surface area contributed by atoms with E-state index in [2.05, 4.69) is 9.80 Å². The quantitative estimate of drug-likeness (QED) is 0.396. The monoisotopic (exact) mass is 532 g/mol. The van der Waals surface area contributed by atoms with Crippen molar-refractivity contribution >= 4 is 23.4 Å². The first-order valence-corrected chi connectivity index (χ1v) is 12.9. The number of carbonyl (C=O) groups excluding carboxylic acids is 3. The summed E-state index contributed by atoms with van der Waals surface area (Å²) in [5.74, 6) is -0.294. The Morgan fingerprint density at radius 2 is 1.77 bits per heavy atom. The largest absolute Gasteiger partial charge is 0.493 e. The molecule has 5 rings (SSSR count). The molecule has 0 aliphatic carbocycles. The molecule has 0 spiro atoms. The highest BCUT2D eigenvalue weighted by Crippen LogP contribution is 2.40. The second-order valence-electron chi connectivity index (χ2n) is 9.71. The van der Waals surface area contributed by atoms with E-state index in [1.165, 1.54) is 19.1 Å². The molecule has 2 aliphatic heterocycles. The molecule has 2 N–H and O–H groups in total. The number of hydrogen-bond donors (Lipinski definition) is 1. The minimum Gasteiger partial charge on any atom is -0.493 e. The molecule has 1 unspecified atom stereocenters. The third kappa shape index (κ3) is 5.20. The van der Waals surface area contributed by atoms with Gasteiger partial charge >= 0.3 is 0 Å². The number of nitrogens with zero attached hydrogens (tertiary/aromatic N) is 3. The molecule has 0 saturated carbocycles. The van der Waals surface area contributed by atoms with Gasteiger partial charge in [-0.15, -0.1) is 0 Å².